The summed E-state index contributed by atoms with van der Waals surface area (Å²) >= 11 is 0. The van der Waals surface area contributed by atoms with E-state index in [1.165, 1.54) is 11.8 Å². The lowest BCUT2D eigenvalue weighted by molar-refractivity contribution is -0.133. The minimum absolute atomic E-state index is 0.130. The first kappa shape index (κ1) is 19.8. The fraction of sp³-hybridized carbons (Fsp3) is 0.333. The summed E-state index contributed by atoms with van der Waals surface area (Å²) in [6.45, 7) is 0. The number of carbonyl (C=O) groups is 3. The molecule has 0 saturated carbocycles. The van der Waals surface area contributed by atoms with Gasteiger partial charge in [-0.2, -0.15) is 0 Å². The molecule has 6 heteroatoms. The number of terminal acetylenes is 1. The van der Waals surface area contributed by atoms with Crippen LogP contribution in [0, 0.1) is 12.3 Å². The average Bonchev–Trinajstić information content (AvgIpc) is 3.23. The van der Waals surface area contributed by atoms with E-state index >= 15 is 0 Å². The van der Waals surface area contributed by atoms with Crippen molar-refractivity contribution >= 4 is 23.2 Å². The van der Waals surface area contributed by atoms with Crippen LogP contribution >= 0.6 is 0 Å². The zero-order valence-corrected chi connectivity index (χ0v) is 16.7. The molecule has 0 radical (unpaired) electrons. The number of rotatable bonds is 5. The number of benzene rings is 1. The Kier molecular flexibility index (Phi) is 5.62. The molecule has 152 valence electrons. The van der Waals surface area contributed by atoms with Crippen molar-refractivity contribution in [3.05, 3.63) is 58.7 Å². The predicted octanol–water partition coefficient (Wildman–Crippen LogP) is 3.29. The first-order valence-corrected chi connectivity index (χ1v) is 10.2. The van der Waals surface area contributed by atoms with E-state index in [1.807, 2.05) is 12.1 Å². The summed E-state index contributed by atoms with van der Waals surface area (Å²) in [4.78, 5) is 43.4. The number of nitrogens with one attached hydrogen (secondary N) is 2. The lowest BCUT2D eigenvalue weighted by atomic mass is 9.83. The molecule has 30 heavy (non-hydrogen) atoms. The Hall–Kier alpha value is -3.46. The molecule has 2 aliphatic rings. The van der Waals surface area contributed by atoms with Crippen LogP contribution in [-0.4, -0.2) is 27.6 Å². The van der Waals surface area contributed by atoms with Gasteiger partial charge in [-0.3, -0.25) is 19.7 Å². The molecule has 1 aliphatic heterocycles. The van der Waals surface area contributed by atoms with Crippen LogP contribution in [0.1, 0.15) is 77.4 Å². The number of hydrogen-bond acceptors (Lipinski definition) is 4. The summed E-state index contributed by atoms with van der Waals surface area (Å²) in [7, 11) is 0. The van der Waals surface area contributed by atoms with Gasteiger partial charge in [0.1, 0.15) is 5.69 Å². The second-order valence-corrected chi connectivity index (χ2v) is 7.86. The molecular weight excluding hydrogens is 378 g/mol. The number of imidazole rings is 1. The summed E-state index contributed by atoms with van der Waals surface area (Å²) in [5.41, 5.74) is 4.61. The lowest BCUT2D eigenvalue weighted by Gasteiger charge is -2.24. The van der Waals surface area contributed by atoms with Crippen molar-refractivity contribution in [2.45, 2.75) is 50.9 Å². The second kappa shape index (κ2) is 8.50. The molecule has 1 aliphatic carbocycles. The molecule has 2 heterocycles. The van der Waals surface area contributed by atoms with Crippen LogP contribution < -0.4 is 5.32 Å². The molecule has 1 aromatic heterocycles. The molecular formula is C24H23N3O3. The molecule has 0 bridgehead atoms. The van der Waals surface area contributed by atoms with E-state index in [-0.39, 0.29) is 35.8 Å². The molecule has 2 amide bonds. The Morgan fingerprint density at radius 3 is 2.67 bits per heavy atom. The van der Waals surface area contributed by atoms with E-state index in [4.69, 9.17) is 6.42 Å². The first-order valence-electron chi connectivity index (χ1n) is 10.2. The highest BCUT2D eigenvalue weighted by Gasteiger charge is 2.27. The van der Waals surface area contributed by atoms with Crippen LogP contribution in [0.2, 0.25) is 0 Å². The largest absolute Gasteiger partial charge is 0.329 e. The van der Waals surface area contributed by atoms with E-state index in [1.54, 1.807) is 0 Å². The topological polar surface area (TPSA) is 91.9 Å². The van der Waals surface area contributed by atoms with Gasteiger partial charge >= 0.3 is 0 Å². The SMILES string of the molecule is C#Cc1cnc(C(=O)Cc2ccc(C3CC(=O)NC(=O)C3)cc2C2=CCCCC2)[nH]1. The van der Waals surface area contributed by atoms with Gasteiger partial charge in [0, 0.05) is 25.2 Å². The van der Waals surface area contributed by atoms with Crippen molar-refractivity contribution in [2.24, 2.45) is 0 Å². The molecule has 0 atom stereocenters. The Balaban J connectivity index is 1.66. The molecule has 2 aromatic rings. The van der Waals surface area contributed by atoms with E-state index < -0.39 is 0 Å². The van der Waals surface area contributed by atoms with Gasteiger partial charge in [0.2, 0.25) is 17.6 Å². The standard InChI is InChI=1S/C24H23N3O3/c1-2-19-14-25-24(26-19)21(28)11-17-9-8-16(18-12-22(29)27-23(30)13-18)10-20(17)15-6-4-3-5-7-15/h1,6,8-10,14,18H,3-5,7,11-13H2,(H,25,26)(H,27,29,30). The number of Topliss-reactive ketones (excluding diaryl/α,β-unsaturated/α-hetero) is 1. The third kappa shape index (κ3) is 4.25. The van der Waals surface area contributed by atoms with Crippen molar-refractivity contribution in [3.8, 4) is 12.3 Å². The molecule has 2 N–H and O–H groups in total. The van der Waals surface area contributed by atoms with Crippen LogP contribution in [-0.2, 0) is 16.0 Å². The number of aromatic amines is 1. The Bertz CT molecular complexity index is 1070. The van der Waals surface area contributed by atoms with E-state index in [0.29, 0.717) is 18.5 Å². The van der Waals surface area contributed by atoms with E-state index in [0.717, 1.165) is 42.4 Å². The normalized spacial score (nSPS) is 17.2. The fourth-order valence-corrected chi connectivity index (χ4v) is 4.19. The van der Waals surface area contributed by atoms with Crippen LogP contribution in [0.15, 0.2) is 30.5 Å². The fourth-order valence-electron chi connectivity index (χ4n) is 4.19. The number of piperidine rings is 1. The zero-order chi connectivity index (χ0) is 21.1. The van der Waals surface area contributed by atoms with Gasteiger partial charge in [0.15, 0.2) is 5.82 Å². The number of amides is 2. The van der Waals surface area contributed by atoms with Crippen molar-refractivity contribution in [3.63, 3.8) is 0 Å². The quantitative estimate of drug-likeness (QED) is 0.457. The summed E-state index contributed by atoms with van der Waals surface area (Å²) in [6, 6.07) is 5.94. The van der Waals surface area contributed by atoms with Gasteiger partial charge in [-0.1, -0.05) is 30.2 Å². The highest BCUT2D eigenvalue weighted by atomic mass is 16.2. The van der Waals surface area contributed by atoms with Crippen LogP contribution in [0.25, 0.3) is 5.57 Å². The maximum absolute atomic E-state index is 12.8. The van der Waals surface area contributed by atoms with E-state index in [9.17, 15) is 14.4 Å². The molecule has 0 spiro atoms. The predicted molar refractivity (Wildman–Crippen MR) is 113 cm³/mol. The molecule has 1 aromatic carbocycles. The number of allylic oxidation sites excluding steroid dienone is 2. The van der Waals surface area contributed by atoms with Crippen molar-refractivity contribution in [1.82, 2.24) is 15.3 Å². The van der Waals surface area contributed by atoms with Gasteiger partial charge in [-0.15, -0.1) is 6.42 Å². The van der Waals surface area contributed by atoms with E-state index in [2.05, 4.69) is 33.3 Å². The smallest absolute Gasteiger partial charge is 0.227 e. The maximum Gasteiger partial charge on any atom is 0.227 e. The average molecular weight is 401 g/mol. The Morgan fingerprint density at radius 2 is 2.00 bits per heavy atom. The van der Waals surface area contributed by atoms with Gasteiger partial charge in [-0.05, 0) is 47.9 Å². The maximum atomic E-state index is 12.8. The van der Waals surface area contributed by atoms with Gasteiger partial charge < -0.3 is 4.98 Å². The monoisotopic (exact) mass is 401 g/mol. The van der Waals surface area contributed by atoms with Crippen molar-refractivity contribution < 1.29 is 14.4 Å². The summed E-state index contributed by atoms with van der Waals surface area (Å²) in [5.74, 6) is 1.95. The number of ketones is 1. The molecule has 1 fully saturated rings. The second-order valence-electron chi connectivity index (χ2n) is 7.86. The highest BCUT2D eigenvalue weighted by Crippen LogP contribution is 2.34. The van der Waals surface area contributed by atoms with Gasteiger partial charge in [-0.25, -0.2) is 4.98 Å². The van der Waals surface area contributed by atoms with Crippen molar-refractivity contribution in [1.29, 1.82) is 0 Å². The van der Waals surface area contributed by atoms with Crippen molar-refractivity contribution in [2.75, 3.05) is 0 Å². The van der Waals surface area contributed by atoms with Crippen LogP contribution in [0.3, 0.4) is 0 Å². The number of imide groups is 1. The number of carbonyl (C=O) groups excluding carboxylic acids is 3. The molecule has 6 nitrogen and oxygen atoms in total. The Morgan fingerprint density at radius 1 is 1.20 bits per heavy atom. The summed E-state index contributed by atoms with van der Waals surface area (Å²) in [6.07, 6.45) is 14.1. The first-order chi connectivity index (χ1) is 14.5. The van der Waals surface area contributed by atoms with Crippen LogP contribution in [0.5, 0.6) is 0 Å². The van der Waals surface area contributed by atoms with Gasteiger partial charge in [0.05, 0.1) is 6.20 Å². The third-order valence-corrected chi connectivity index (χ3v) is 5.73. The van der Waals surface area contributed by atoms with Crippen LogP contribution in [0.4, 0.5) is 0 Å². The number of hydrogen-bond donors (Lipinski definition) is 2. The summed E-state index contributed by atoms with van der Waals surface area (Å²) < 4.78 is 0. The number of aromatic nitrogens is 2. The molecule has 0 unspecified atom stereocenters. The minimum Gasteiger partial charge on any atom is -0.329 e. The highest BCUT2D eigenvalue weighted by molar-refractivity contribution is 5.98. The zero-order valence-electron chi connectivity index (χ0n) is 16.7. The molecule has 4 rings (SSSR count). The number of nitrogens with zero attached hydrogens (tertiary/aromatic N) is 1. The molecule has 1 saturated heterocycles. The number of H-pyrrole nitrogens is 1. The Labute approximate surface area is 175 Å². The summed E-state index contributed by atoms with van der Waals surface area (Å²) in [5, 5.41) is 2.36. The minimum atomic E-state index is -0.240. The van der Waals surface area contributed by atoms with Gasteiger partial charge in [0.25, 0.3) is 0 Å². The lowest BCUT2D eigenvalue weighted by Crippen LogP contribution is -2.37. The third-order valence-electron chi connectivity index (χ3n) is 5.73.